The average molecular weight is 605 g/mol. The molecule has 5 aromatic rings. The summed E-state index contributed by atoms with van der Waals surface area (Å²) in [4.78, 5) is 33.9. The van der Waals surface area contributed by atoms with Crippen molar-refractivity contribution in [1.82, 2.24) is 24.9 Å². The van der Waals surface area contributed by atoms with E-state index in [1.54, 1.807) is 47.0 Å². The molecule has 0 radical (unpaired) electrons. The molecular weight excluding hydrogens is 576 g/mol. The van der Waals surface area contributed by atoms with Crippen LogP contribution < -0.4 is 14.8 Å². The molecule has 1 N–H and O–H groups in total. The van der Waals surface area contributed by atoms with Gasteiger partial charge in [0, 0.05) is 22.0 Å². The van der Waals surface area contributed by atoms with Crippen molar-refractivity contribution in [2.75, 3.05) is 19.5 Å². The van der Waals surface area contributed by atoms with Gasteiger partial charge in [0.2, 0.25) is 11.8 Å². The summed E-state index contributed by atoms with van der Waals surface area (Å²) in [6, 6.07) is 19.1. The molecule has 216 valence electrons. The van der Waals surface area contributed by atoms with Gasteiger partial charge in [0.25, 0.3) is 0 Å². The summed E-state index contributed by atoms with van der Waals surface area (Å²) in [6.07, 6.45) is 0.365. The van der Waals surface area contributed by atoms with E-state index in [1.807, 2.05) is 48.7 Å². The topological polar surface area (TPSA) is 111 Å². The van der Waals surface area contributed by atoms with Crippen LogP contribution in [0.3, 0.4) is 0 Å². The summed E-state index contributed by atoms with van der Waals surface area (Å²) < 4.78 is 12.3. The fourth-order valence-corrected chi connectivity index (χ4v) is 5.50. The molecule has 0 aliphatic carbocycles. The Kier molecular flexibility index (Phi) is 8.99. The molecular formula is C30H29ClN6O4S. The summed E-state index contributed by atoms with van der Waals surface area (Å²) in [5.41, 5.74) is 3.55. The highest BCUT2D eigenvalue weighted by molar-refractivity contribution is 7.09. The van der Waals surface area contributed by atoms with Gasteiger partial charge in [-0.1, -0.05) is 48.0 Å². The Balaban J connectivity index is 1.44. The number of para-hydroxylation sites is 1. The molecule has 42 heavy (non-hydrogen) atoms. The van der Waals surface area contributed by atoms with E-state index in [4.69, 9.17) is 26.1 Å². The molecule has 0 fully saturated rings. The summed E-state index contributed by atoms with van der Waals surface area (Å²) in [5.74, 6) is 0.385. The smallest absolute Gasteiger partial charge is 0.247 e. The van der Waals surface area contributed by atoms with Gasteiger partial charge in [0.1, 0.15) is 34.6 Å². The van der Waals surface area contributed by atoms with Crippen LogP contribution in [0.25, 0.3) is 22.3 Å². The maximum absolute atomic E-state index is 13.9. The number of ether oxygens (including phenoxy) is 2. The number of benzene rings is 3. The molecule has 3 aromatic carbocycles. The first-order valence-corrected chi connectivity index (χ1v) is 14.5. The van der Waals surface area contributed by atoms with Crippen molar-refractivity contribution in [2.24, 2.45) is 0 Å². The normalized spacial score (nSPS) is 11.7. The van der Waals surface area contributed by atoms with E-state index < -0.39 is 6.04 Å². The molecule has 1 atom stereocenters. The van der Waals surface area contributed by atoms with Gasteiger partial charge in [0.15, 0.2) is 0 Å². The zero-order chi connectivity index (χ0) is 29.6. The van der Waals surface area contributed by atoms with E-state index in [-0.39, 0.29) is 24.9 Å². The third kappa shape index (κ3) is 6.37. The van der Waals surface area contributed by atoms with Crippen LogP contribution in [0.2, 0.25) is 5.02 Å². The van der Waals surface area contributed by atoms with E-state index in [0.717, 1.165) is 16.8 Å². The quantitative estimate of drug-likeness (QED) is 0.207. The molecule has 2 heterocycles. The van der Waals surface area contributed by atoms with E-state index >= 15 is 0 Å². The Bertz CT molecular complexity index is 1700. The predicted molar refractivity (Wildman–Crippen MR) is 163 cm³/mol. The van der Waals surface area contributed by atoms with Crippen molar-refractivity contribution in [3.63, 3.8) is 0 Å². The number of amides is 2. The number of fused-ring (bicyclic) bond motifs is 1. The number of carbonyl (C=O) groups excluding carboxylic acids is 2. The number of thiazole rings is 1. The second kappa shape index (κ2) is 13.0. The summed E-state index contributed by atoms with van der Waals surface area (Å²) >= 11 is 7.47. The Morgan fingerprint density at radius 1 is 1.07 bits per heavy atom. The van der Waals surface area contributed by atoms with E-state index in [1.165, 1.54) is 18.4 Å². The first kappa shape index (κ1) is 29.0. The number of rotatable bonds is 11. The monoisotopic (exact) mass is 604 g/mol. The lowest BCUT2D eigenvalue weighted by molar-refractivity contribution is -0.140. The molecule has 5 rings (SSSR count). The van der Waals surface area contributed by atoms with Gasteiger partial charge >= 0.3 is 0 Å². The Hall–Kier alpha value is -4.48. The summed E-state index contributed by atoms with van der Waals surface area (Å²) in [7, 11) is 3.07. The van der Waals surface area contributed by atoms with E-state index in [2.05, 4.69) is 15.6 Å². The van der Waals surface area contributed by atoms with Gasteiger partial charge in [-0.3, -0.25) is 9.59 Å². The summed E-state index contributed by atoms with van der Waals surface area (Å²) in [6.45, 7) is 1.91. The van der Waals surface area contributed by atoms with Crippen molar-refractivity contribution in [3.8, 4) is 22.8 Å². The molecule has 0 saturated heterocycles. The zero-order valence-corrected chi connectivity index (χ0v) is 24.9. The molecule has 0 aliphatic heterocycles. The lowest BCUT2D eigenvalue weighted by Gasteiger charge is -2.30. The fourth-order valence-electron chi connectivity index (χ4n) is 4.57. The maximum Gasteiger partial charge on any atom is 0.247 e. The number of nitrogens with one attached hydrogen (secondary N) is 1. The maximum atomic E-state index is 13.9. The zero-order valence-electron chi connectivity index (χ0n) is 23.3. The third-order valence-electron chi connectivity index (χ3n) is 6.76. The first-order valence-electron chi connectivity index (χ1n) is 13.2. The van der Waals surface area contributed by atoms with Crippen LogP contribution in [0.1, 0.15) is 18.4 Å². The van der Waals surface area contributed by atoms with Gasteiger partial charge in [0.05, 0.1) is 37.7 Å². The fraction of sp³-hybridized carbons (Fsp3) is 0.233. The average Bonchev–Trinajstić information content (AvgIpc) is 3.65. The van der Waals surface area contributed by atoms with Crippen molar-refractivity contribution < 1.29 is 19.1 Å². The molecule has 2 amide bonds. The van der Waals surface area contributed by atoms with Gasteiger partial charge in [-0.25, -0.2) is 9.67 Å². The van der Waals surface area contributed by atoms with Crippen LogP contribution >= 0.6 is 22.9 Å². The molecule has 0 aliphatic rings. The number of aromatic nitrogens is 4. The van der Waals surface area contributed by atoms with Crippen molar-refractivity contribution in [2.45, 2.75) is 32.5 Å². The molecule has 10 nitrogen and oxygen atoms in total. The van der Waals surface area contributed by atoms with Crippen LogP contribution in [-0.2, 0) is 22.7 Å². The van der Waals surface area contributed by atoms with Gasteiger partial charge in [-0.15, -0.1) is 16.4 Å². The molecule has 1 unspecified atom stereocenters. The van der Waals surface area contributed by atoms with Crippen LogP contribution in [0.4, 0.5) is 5.69 Å². The second-order valence-corrected chi connectivity index (χ2v) is 10.7. The molecule has 0 bridgehead atoms. The summed E-state index contributed by atoms with van der Waals surface area (Å²) in [5, 5.41) is 14.5. The van der Waals surface area contributed by atoms with E-state index in [9.17, 15) is 9.59 Å². The van der Waals surface area contributed by atoms with Crippen LogP contribution in [0.5, 0.6) is 11.5 Å². The molecule has 0 saturated carbocycles. The van der Waals surface area contributed by atoms with Crippen LogP contribution in [0.15, 0.2) is 72.1 Å². The molecule has 12 heteroatoms. The van der Waals surface area contributed by atoms with E-state index in [0.29, 0.717) is 39.2 Å². The number of anilines is 1. The Labute approximate surface area is 251 Å². The Morgan fingerprint density at radius 3 is 2.60 bits per heavy atom. The number of nitrogens with zero attached hydrogens (tertiary/aromatic N) is 5. The number of halogens is 1. The largest absolute Gasteiger partial charge is 0.497 e. The number of carbonyl (C=O) groups is 2. The number of hydrogen-bond acceptors (Lipinski definition) is 8. The minimum Gasteiger partial charge on any atom is -0.497 e. The van der Waals surface area contributed by atoms with Gasteiger partial charge in [-0.2, -0.15) is 0 Å². The standard InChI is InChI=1S/C30H29ClN6O4S/c1-4-25(30(39)33-23-14-13-21(40-2)15-27(23)41-3)36(29(38)17-37-26-8-6-5-7-22(26)34-35-37)16-28-32-24(18-42-28)19-9-11-20(31)12-10-19/h5-15,18,25H,4,16-17H2,1-3H3,(H,33,39). The number of hydrogen-bond donors (Lipinski definition) is 1. The highest BCUT2D eigenvalue weighted by atomic mass is 35.5. The minimum atomic E-state index is -0.804. The SMILES string of the molecule is CCC(C(=O)Nc1ccc(OC)cc1OC)N(Cc1nc(-c2ccc(Cl)cc2)cs1)C(=O)Cn1nnc2ccccc21. The highest BCUT2D eigenvalue weighted by Crippen LogP contribution is 2.30. The molecule has 2 aromatic heterocycles. The third-order valence-corrected chi connectivity index (χ3v) is 7.84. The van der Waals surface area contributed by atoms with Gasteiger partial charge in [-0.05, 0) is 42.8 Å². The Morgan fingerprint density at radius 2 is 1.86 bits per heavy atom. The first-order chi connectivity index (χ1) is 20.4. The van der Waals surface area contributed by atoms with Crippen LogP contribution in [-0.4, -0.2) is 57.0 Å². The number of methoxy groups -OCH3 is 2. The van der Waals surface area contributed by atoms with Gasteiger partial charge < -0.3 is 19.7 Å². The van der Waals surface area contributed by atoms with Crippen molar-refractivity contribution >= 4 is 51.5 Å². The van der Waals surface area contributed by atoms with Crippen molar-refractivity contribution in [1.29, 1.82) is 0 Å². The van der Waals surface area contributed by atoms with Crippen LogP contribution in [0, 0.1) is 0 Å². The lowest BCUT2D eigenvalue weighted by atomic mass is 10.1. The molecule has 0 spiro atoms. The predicted octanol–water partition coefficient (Wildman–Crippen LogP) is 5.67. The second-order valence-electron chi connectivity index (χ2n) is 9.37. The minimum absolute atomic E-state index is 0.0917. The highest BCUT2D eigenvalue weighted by Gasteiger charge is 2.31. The van der Waals surface area contributed by atoms with Crippen molar-refractivity contribution in [3.05, 3.63) is 82.1 Å². The lowest BCUT2D eigenvalue weighted by Crippen LogP contribution is -2.47.